The zero-order chi connectivity index (χ0) is 10.9. The van der Waals surface area contributed by atoms with Crippen LogP contribution in [0.2, 0.25) is 0 Å². The van der Waals surface area contributed by atoms with Gasteiger partial charge < -0.3 is 0 Å². The van der Waals surface area contributed by atoms with Crippen molar-refractivity contribution < 1.29 is 4.21 Å². The summed E-state index contributed by atoms with van der Waals surface area (Å²) in [4.78, 5) is 0. The van der Waals surface area contributed by atoms with Gasteiger partial charge in [-0.2, -0.15) is 0 Å². The van der Waals surface area contributed by atoms with Crippen molar-refractivity contribution in [3.8, 4) is 0 Å². The van der Waals surface area contributed by atoms with E-state index in [9.17, 15) is 4.21 Å². The van der Waals surface area contributed by atoms with Gasteiger partial charge >= 0.3 is 0 Å². The fraction of sp³-hybridized carbons (Fsp3) is 1.00. The molecule has 0 rings (SSSR count). The summed E-state index contributed by atoms with van der Waals surface area (Å²) >= 11 is 0. The molecule has 2 atom stereocenters. The molecular formula is C10H23NOS. The molecule has 0 aliphatic heterocycles. The van der Waals surface area contributed by atoms with E-state index in [1.807, 2.05) is 20.8 Å². The van der Waals surface area contributed by atoms with Gasteiger partial charge in [0.25, 0.3) is 0 Å². The van der Waals surface area contributed by atoms with Gasteiger partial charge in [-0.1, -0.05) is 20.8 Å². The third kappa shape index (κ3) is 4.77. The van der Waals surface area contributed by atoms with Crippen molar-refractivity contribution in [1.29, 1.82) is 0 Å². The summed E-state index contributed by atoms with van der Waals surface area (Å²) in [6.07, 6.45) is 0. The van der Waals surface area contributed by atoms with Crippen LogP contribution >= 0.6 is 0 Å². The van der Waals surface area contributed by atoms with Crippen molar-refractivity contribution in [2.45, 2.75) is 59.3 Å². The summed E-state index contributed by atoms with van der Waals surface area (Å²) in [5.74, 6) is 0. The van der Waals surface area contributed by atoms with E-state index in [0.717, 1.165) is 0 Å². The summed E-state index contributed by atoms with van der Waals surface area (Å²) < 4.78 is 14.7. The first-order chi connectivity index (χ1) is 5.55. The molecule has 0 amide bonds. The Hall–Kier alpha value is 0.110. The summed E-state index contributed by atoms with van der Waals surface area (Å²) in [5, 5.41) is 0. The van der Waals surface area contributed by atoms with Gasteiger partial charge in [0.05, 0.1) is 15.7 Å². The van der Waals surface area contributed by atoms with Crippen LogP contribution in [-0.2, 0) is 11.0 Å². The molecule has 0 bridgehead atoms. The van der Waals surface area contributed by atoms with E-state index < -0.39 is 11.0 Å². The molecular weight excluding hydrogens is 182 g/mol. The minimum atomic E-state index is -0.964. The van der Waals surface area contributed by atoms with Gasteiger partial charge in [-0.3, -0.25) is 0 Å². The Kier molecular flexibility index (Phi) is 4.13. The number of nitrogens with one attached hydrogen (secondary N) is 1. The highest BCUT2D eigenvalue weighted by Gasteiger charge is 2.26. The molecule has 0 aliphatic carbocycles. The summed E-state index contributed by atoms with van der Waals surface area (Å²) in [6.45, 7) is 14.4. The van der Waals surface area contributed by atoms with Gasteiger partial charge in [0.1, 0.15) is 0 Å². The Bertz CT molecular complexity index is 188. The molecule has 0 radical (unpaired) electrons. The van der Waals surface area contributed by atoms with Crippen LogP contribution < -0.4 is 4.72 Å². The molecule has 0 aromatic heterocycles. The first-order valence-electron chi connectivity index (χ1n) is 4.73. The third-order valence-corrected chi connectivity index (χ3v) is 3.82. The lowest BCUT2D eigenvalue weighted by atomic mass is 9.89. The first kappa shape index (κ1) is 13.1. The van der Waals surface area contributed by atoms with E-state index in [4.69, 9.17) is 0 Å². The van der Waals surface area contributed by atoms with Crippen molar-refractivity contribution in [3.63, 3.8) is 0 Å². The molecule has 80 valence electrons. The molecule has 0 heterocycles. The van der Waals surface area contributed by atoms with Crippen LogP contribution in [-0.4, -0.2) is 15.0 Å². The quantitative estimate of drug-likeness (QED) is 0.737. The van der Waals surface area contributed by atoms with E-state index in [2.05, 4.69) is 32.4 Å². The SMILES string of the molecule is C[C@@H](N[S@@](=O)C(C)(C)C)C(C)(C)C. The zero-order valence-electron chi connectivity index (χ0n) is 9.89. The summed E-state index contributed by atoms with van der Waals surface area (Å²) in [5.41, 5.74) is 0.154. The standard InChI is InChI=1S/C10H23NOS/c1-8(9(2,3)4)11-13(12)10(5,6)7/h8,11H,1-7H3/t8-,13+/m1/s1. The van der Waals surface area contributed by atoms with Gasteiger partial charge in [-0.15, -0.1) is 0 Å². The highest BCUT2D eigenvalue weighted by molar-refractivity contribution is 7.84. The van der Waals surface area contributed by atoms with Crippen LogP contribution in [0.25, 0.3) is 0 Å². The molecule has 2 nitrogen and oxygen atoms in total. The van der Waals surface area contributed by atoms with Crippen LogP contribution in [0, 0.1) is 5.41 Å². The molecule has 3 heteroatoms. The van der Waals surface area contributed by atoms with E-state index in [1.54, 1.807) is 0 Å². The third-order valence-electron chi connectivity index (χ3n) is 2.14. The topological polar surface area (TPSA) is 29.1 Å². The molecule has 0 unspecified atom stereocenters. The Labute approximate surface area is 85.1 Å². The van der Waals surface area contributed by atoms with Gasteiger partial charge in [0, 0.05) is 6.04 Å². The maximum Gasteiger partial charge on any atom is 0.0972 e. The molecule has 0 aliphatic rings. The largest absolute Gasteiger partial charge is 0.242 e. The van der Waals surface area contributed by atoms with Crippen molar-refractivity contribution in [1.82, 2.24) is 4.72 Å². The van der Waals surface area contributed by atoms with E-state index in [-0.39, 0.29) is 16.2 Å². The minimum Gasteiger partial charge on any atom is -0.242 e. The molecule has 1 N–H and O–H groups in total. The first-order valence-corrected chi connectivity index (χ1v) is 5.88. The second kappa shape index (κ2) is 4.09. The van der Waals surface area contributed by atoms with Crippen LogP contribution in [0.15, 0.2) is 0 Å². The lowest BCUT2D eigenvalue weighted by Gasteiger charge is -2.30. The zero-order valence-corrected chi connectivity index (χ0v) is 10.7. The van der Waals surface area contributed by atoms with Crippen LogP contribution in [0.5, 0.6) is 0 Å². The summed E-state index contributed by atoms with van der Waals surface area (Å²) in [7, 11) is -0.964. The van der Waals surface area contributed by atoms with Gasteiger partial charge in [-0.25, -0.2) is 8.93 Å². The molecule has 13 heavy (non-hydrogen) atoms. The molecule has 0 saturated heterocycles. The van der Waals surface area contributed by atoms with Crippen molar-refractivity contribution in [3.05, 3.63) is 0 Å². The second-order valence-electron chi connectivity index (χ2n) is 5.59. The van der Waals surface area contributed by atoms with Crippen LogP contribution in [0.4, 0.5) is 0 Å². The van der Waals surface area contributed by atoms with Crippen molar-refractivity contribution in [2.24, 2.45) is 5.41 Å². The predicted octanol–water partition coefficient (Wildman–Crippen LogP) is 2.47. The fourth-order valence-electron chi connectivity index (χ4n) is 0.514. The Balaban J connectivity index is 4.24. The minimum absolute atomic E-state index is 0.154. The highest BCUT2D eigenvalue weighted by atomic mass is 32.2. The maximum absolute atomic E-state index is 11.7. The molecule has 0 fully saturated rings. The molecule has 0 spiro atoms. The normalized spacial score (nSPS) is 18.4. The van der Waals surface area contributed by atoms with Crippen molar-refractivity contribution in [2.75, 3.05) is 0 Å². The Morgan fingerprint density at radius 2 is 1.46 bits per heavy atom. The molecule has 0 aromatic carbocycles. The smallest absolute Gasteiger partial charge is 0.0972 e. The lowest BCUT2D eigenvalue weighted by Crippen LogP contribution is -2.44. The van der Waals surface area contributed by atoms with Gasteiger partial charge in [0.2, 0.25) is 0 Å². The predicted molar refractivity (Wildman–Crippen MR) is 59.9 cm³/mol. The fourth-order valence-corrected chi connectivity index (χ4v) is 1.54. The second-order valence-corrected chi connectivity index (χ2v) is 7.58. The Morgan fingerprint density at radius 3 is 1.69 bits per heavy atom. The number of rotatable bonds is 2. The number of hydrogen-bond donors (Lipinski definition) is 1. The average Bonchev–Trinajstić information content (AvgIpc) is 1.82. The monoisotopic (exact) mass is 205 g/mol. The number of hydrogen-bond acceptors (Lipinski definition) is 1. The van der Waals surface area contributed by atoms with E-state index in [0.29, 0.717) is 0 Å². The van der Waals surface area contributed by atoms with E-state index in [1.165, 1.54) is 0 Å². The maximum atomic E-state index is 11.7. The molecule has 0 aromatic rings. The Morgan fingerprint density at radius 1 is 1.08 bits per heavy atom. The molecule has 0 saturated carbocycles. The van der Waals surface area contributed by atoms with Gasteiger partial charge in [-0.05, 0) is 33.1 Å². The van der Waals surface area contributed by atoms with Crippen LogP contribution in [0.1, 0.15) is 48.5 Å². The van der Waals surface area contributed by atoms with Crippen molar-refractivity contribution >= 4 is 11.0 Å². The highest BCUT2D eigenvalue weighted by Crippen LogP contribution is 2.20. The average molecular weight is 205 g/mol. The van der Waals surface area contributed by atoms with E-state index >= 15 is 0 Å². The van der Waals surface area contributed by atoms with Gasteiger partial charge in [0.15, 0.2) is 0 Å². The lowest BCUT2D eigenvalue weighted by molar-refractivity contribution is 0.320. The van der Waals surface area contributed by atoms with Crippen LogP contribution in [0.3, 0.4) is 0 Å². The summed E-state index contributed by atoms with van der Waals surface area (Å²) in [6, 6.07) is 0.257.